The molecule has 0 aliphatic carbocycles. The van der Waals surface area contributed by atoms with Gasteiger partial charge in [-0.15, -0.1) is 0 Å². The molecule has 0 aromatic heterocycles. The molecule has 0 spiro atoms. The predicted octanol–water partition coefficient (Wildman–Crippen LogP) is 1.69. The van der Waals surface area contributed by atoms with Crippen LogP contribution in [0.3, 0.4) is 0 Å². The lowest BCUT2D eigenvalue weighted by molar-refractivity contribution is 0.169. The van der Waals surface area contributed by atoms with Crippen LogP contribution in [0.15, 0.2) is 18.2 Å². The van der Waals surface area contributed by atoms with E-state index in [2.05, 4.69) is 0 Å². The maximum atomic E-state index is 9.75. The van der Waals surface area contributed by atoms with Gasteiger partial charge in [0, 0.05) is 0 Å². The Balaban J connectivity index is 2.93. The van der Waals surface area contributed by atoms with Crippen LogP contribution in [0, 0.1) is 13.8 Å². The van der Waals surface area contributed by atoms with Gasteiger partial charge in [0.2, 0.25) is 0 Å². The molecule has 2 heteroatoms. The van der Waals surface area contributed by atoms with Crippen molar-refractivity contribution in [3.05, 3.63) is 34.9 Å². The zero-order valence-electron chi connectivity index (χ0n) is 8.25. The first-order valence-corrected chi connectivity index (χ1v) is 4.61. The molecule has 1 aromatic carbocycles. The van der Waals surface area contributed by atoms with Gasteiger partial charge >= 0.3 is 0 Å². The maximum Gasteiger partial charge on any atom is 0.0804 e. The Hall–Kier alpha value is -0.860. The quantitative estimate of drug-likeness (QED) is 0.741. The lowest BCUT2D eigenvalue weighted by atomic mass is 9.98. The molecular weight excluding hydrogens is 162 g/mol. The van der Waals surface area contributed by atoms with E-state index < -0.39 is 6.10 Å². The summed E-state index contributed by atoms with van der Waals surface area (Å²) in [5, 5.41) is 9.75. The second kappa shape index (κ2) is 4.40. The summed E-state index contributed by atoms with van der Waals surface area (Å²) in [5.41, 5.74) is 8.79. The smallest absolute Gasteiger partial charge is 0.0804 e. The molecule has 1 aromatic rings. The molecule has 0 heterocycles. The van der Waals surface area contributed by atoms with Crippen LogP contribution < -0.4 is 5.73 Å². The zero-order chi connectivity index (χ0) is 9.84. The van der Waals surface area contributed by atoms with Crippen LogP contribution in [0.4, 0.5) is 0 Å². The highest BCUT2D eigenvalue weighted by Crippen LogP contribution is 2.21. The highest BCUT2D eigenvalue weighted by atomic mass is 16.3. The Morgan fingerprint density at radius 2 is 2.08 bits per heavy atom. The molecule has 0 saturated heterocycles. The van der Waals surface area contributed by atoms with Crippen molar-refractivity contribution >= 4 is 0 Å². The molecule has 72 valence electrons. The standard InChI is InChI=1S/C11H17NO/c1-8-4-3-5-10(9(8)2)11(13)6-7-12/h3-5,11,13H,6-7,12H2,1-2H3/t11-/m0/s1. The number of hydrogen-bond acceptors (Lipinski definition) is 2. The summed E-state index contributed by atoms with van der Waals surface area (Å²) in [6, 6.07) is 5.98. The van der Waals surface area contributed by atoms with E-state index in [4.69, 9.17) is 5.73 Å². The molecule has 0 unspecified atom stereocenters. The van der Waals surface area contributed by atoms with Crippen molar-refractivity contribution in [3.8, 4) is 0 Å². The van der Waals surface area contributed by atoms with Crippen LogP contribution >= 0.6 is 0 Å². The summed E-state index contributed by atoms with van der Waals surface area (Å²) in [7, 11) is 0. The predicted molar refractivity (Wildman–Crippen MR) is 54.5 cm³/mol. The number of aryl methyl sites for hydroxylation is 1. The van der Waals surface area contributed by atoms with Crippen LogP contribution in [0.2, 0.25) is 0 Å². The van der Waals surface area contributed by atoms with E-state index in [0.29, 0.717) is 13.0 Å². The van der Waals surface area contributed by atoms with Gasteiger partial charge in [-0.3, -0.25) is 0 Å². The third-order valence-corrected chi connectivity index (χ3v) is 2.45. The second-order valence-electron chi connectivity index (χ2n) is 3.38. The molecule has 0 bridgehead atoms. The van der Waals surface area contributed by atoms with Gasteiger partial charge in [0.05, 0.1) is 6.10 Å². The van der Waals surface area contributed by atoms with Crippen molar-refractivity contribution in [1.82, 2.24) is 0 Å². The van der Waals surface area contributed by atoms with Gasteiger partial charge in [0.25, 0.3) is 0 Å². The van der Waals surface area contributed by atoms with Crippen molar-refractivity contribution in [2.75, 3.05) is 6.54 Å². The van der Waals surface area contributed by atoms with Crippen molar-refractivity contribution in [2.45, 2.75) is 26.4 Å². The topological polar surface area (TPSA) is 46.2 Å². The van der Waals surface area contributed by atoms with Gasteiger partial charge in [-0.1, -0.05) is 18.2 Å². The lowest BCUT2D eigenvalue weighted by Gasteiger charge is -2.14. The molecular formula is C11H17NO. The molecule has 3 N–H and O–H groups in total. The van der Waals surface area contributed by atoms with Crippen LogP contribution in [-0.4, -0.2) is 11.7 Å². The van der Waals surface area contributed by atoms with E-state index >= 15 is 0 Å². The number of nitrogens with two attached hydrogens (primary N) is 1. The first kappa shape index (κ1) is 10.2. The number of aliphatic hydroxyl groups excluding tert-OH is 1. The monoisotopic (exact) mass is 179 g/mol. The van der Waals surface area contributed by atoms with Gasteiger partial charge in [0.1, 0.15) is 0 Å². The normalized spacial score (nSPS) is 12.9. The fourth-order valence-electron chi connectivity index (χ4n) is 1.45. The van der Waals surface area contributed by atoms with E-state index in [0.717, 1.165) is 5.56 Å². The molecule has 0 aliphatic heterocycles. The average molecular weight is 179 g/mol. The van der Waals surface area contributed by atoms with Crippen LogP contribution in [0.25, 0.3) is 0 Å². The largest absolute Gasteiger partial charge is 0.388 e. The van der Waals surface area contributed by atoms with E-state index in [1.54, 1.807) is 0 Å². The minimum Gasteiger partial charge on any atom is -0.388 e. The zero-order valence-corrected chi connectivity index (χ0v) is 8.25. The number of aliphatic hydroxyl groups is 1. The molecule has 0 amide bonds. The number of hydrogen-bond donors (Lipinski definition) is 2. The molecule has 13 heavy (non-hydrogen) atoms. The van der Waals surface area contributed by atoms with E-state index in [1.165, 1.54) is 11.1 Å². The molecule has 1 atom stereocenters. The number of benzene rings is 1. The first-order valence-electron chi connectivity index (χ1n) is 4.61. The van der Waals surface area contributed by atoms with Crippen molar-refractivity contribution in [3.63, 3.8) is 0 Å². The first-order chi connectivity index (χ1) is 6.16. The number of rotatable bonds is 3. The summed E-state index contributed by atoms with van der Waals surface area (Å²) in [5.74, 6) is 0. The van der Waals surface area contributed by atoms with E-state index in [9.17, 15) is 5.11 Å². The maximum absolute atomic E-state index is 9.75. The molecule has 0 aliphatic rings. The summed E-state index contributed by atoms with van der Waals surface area (Å²) < 4.78 is 0. The molecule has 0 radical (unpaired) electrons. The molecule has 0 fully saturated rings. The fourth-order valence-corrected chi connectivity index (χ4v) is 1.45. The van der Waals surface area contributed by atoms with Crippen LogP contribution in [0.1, 0.15) is 29.2 Å². The van der Waals surface area contributed by atoms with Gasteiger partial charge in [-0.05, 0) is 43.5 Å². The van der Waals surface area contributed by atoms with Gasteiger partial charge in [0.15, 0.2) is 0 Å². The molecule has 2 nitrogen and oxygen atoms in total. The third-order valence-electron chi connectivity index (χ3n) is 2.45. The average Bonchev–Trinajstić information content (AvgIpc) is 2.10. The van der Waals surface area contributed by atoms with Gasteiger partial charge in [-0.25, -0.2) is 0 Å². The Kier molecular flexibility index (Phi) is 3.46. The van der Waals surface area contributed by atoms with E-state index in [1.807, 2.05) is 32.0 Å². The van der Waals surface area contributed by atoms with Crippen molar-refractivity contribution in [2.24, 2.45) is 5.73 Å². The van der Waals surface area contributed by atoms with E-state index in [-0.39, 0.29) is 0 Å². The summed E-state index contributed by atoms with van der Waals surface area (Å²) >= 11 is 0. The van der Waals surface area contributed by atoms with Crippen molar-refractivity contribution < 1.29 is 5.11 Å². The van der Waals surface area contributed by atoms with Crippen LogP contribution in [-0.2, 0) is 0 Å². The lowest BCUT2D eigenvalue weighted by Crippen LogP contribution is -2.08. The minimum atomic E-state index is -0.412. The Bertz CT molecular complexity index is 283. The fraction of sp³-hybridized carbons (Fsp3) is 0.455. The molecule has 0 saturated carbocycles. The van der Waals surface area contributed by atoms with Gasteiger partial charge in [-0.2, -0.15) is 0 Å². The Morgan fingerprint density at radius 3 is 2.69 bits per heavy atom. The Labute approximate surface area is 79.4 Å². The Morgan fingerprint density at radius 1 is 1.38 bits per heavy atom. The van der Waals surface area contributed by atoms with Crippen LogP contribution in [0.5, 0.6) is 0 Å². The summed E-state index contributed by atoms with van der Waals surface area (Å²) in [6.45, 7) is 4.60. The SMILES string of the molecule is Cc1cccc([C@@H](O)CCN)c1C. The highest BCUT2D eigenvalue weighted by Gasteiger charge is 2.09. The summed E-state index contributed by atoms with van der Waals surface area (Å²) in [6.07, 6.45) is 0.217. The minimum absolute atomic E-state index is 0.412. The third kappa shape index (κ3) is 2.29. The highest BCUT2D eigenvalue weighted by molar-refractivity contribution is 5.34. The molecule has 1 rings (SSSR count). The summed E-state index contributed by atoms with van der Waals surface area (Å²) in [4.78, 5) is 0. The second-order valence-corrected chi connectivity index (χ2v) is 3.38. The van der Waals surface area contributed by atoms with Crippen molar-refractivity contribution in [1.29, 1.82) is 0 Å². The van der Waals surface area contributed by atoms with Gasteiger partial charge < -0.3 is 10.8 Å².